The molecule has 1 aromatic rings. The maximum absolute atomic E-state index is 12.5. The van der Waals surface area contributed by atoms with Crippen LogP contribution in [-0.2, 0) is 17.9 Å². The third-order valence-electron chi connectivity index (χ3n) is 5.70. The van der Waals surface area contributed by atoms with E-state index in [1.807, 2.05) is 17.0 Å². The van der Waals surface area contributed by atoms with Gasteiger partial charge in [0, 0.05) is 58.8 Å². The van der Waals surface area contributed by atoms with Crippen LogP contribution in [-0.4, -0.2) is 60.9 Å². The average Bonchev–Trinajstić information content (AvgIpc) is 3.15. The van der Waals surface area contributed by atoms with Crippen LogP contribution in [0, 0.1) is 0 Å². The Morgan fingerprint density at radius 3 is 2.40 bits per heavy atom. The lowest BCUT2D eigenvalue weighted by atomic mass is 10.0. The van der Waals surface area contributed by atoms with Crippen LogP contribution in [0.15, 0.2) is 41.4 Å². The van der Waals surface area contributed by atoms with Gasteiger partial charge in [0.2, 0.25) is 5.91 Å². The smallest absolute Gasteiger partial charge is 0.223 e. The number of aliphatic imine (C=N–C) groups is 1. The van der Waals surface area contributed by atoms with Crippen LogP contribution in [0.4, 0.5) is 0 Å². The molecule has 0 radical (unpaired) electrons. The van der Waals surface area contributed by atoms with E-state index in [1.54, 1.807) is 7.05 Å². The van der Waals surface area contributed by atoms with Crippen molar-refractivity contribution >= 4 is 35.8 Å². The summed E-state index contributed by atoms with van der Waals surface area (Å²) in [7, 11) is 1.80. The molecule has 7 heteroatoms. The first-order valence-corrected chi connectivity index (χ1v) is 10.7. The molecular weight excluding hydrogens is 489 g/mol. The van der Waals surface area contributed by atoms with Gasteiger partial charge in [-0.2, -0.15) is 0 Å². The molecule has 2 aliphatic rings. The molecule has 6 nitrogen and oxygen atoms in total. The molecule has 1 saturated heterocycles. The van der Waals surface area contributed by atoms with Gasteiger partial charge >= 0.3 is 0 Å². The van der Waals surface area contributed by atoms with Gasteiger partial charge in [0.05, 0.1) is 0 Å². The number of carbonyl (C=O) groups is 1. The molecule has 2 heterocycles. The molecule has 3 rings (SSSR count). The summed E-state index contributed by atoms with van der Waals surface area (Å²) in [4.78, 5) is 21.2. The quantitative estimate of drug-likeness (QED) is 0.189. The van der Waals surface area contributed by atoms with Crippen LogP contribution >= 0.6 is 24.0 Å². The van der Waals surface area contributed by atoms with Crippen LogP contribution in [0.3, 0.4) is 0 Å². The zero-order valence-electron chi connectivity index (χ0n) is 18.3. The Morgan fingerprint density at radius 2 is 1.83 bits per heavy atom. The molecule has 1 amide bonds. The zero-order valence-corrected chi connectivity index (χ0v) is 20.7. The number of benzene rings is 1. The lowest BCUT2D eigenvalue weighted by molar-refractivity contribution is -0.131. The van der Waals surface area contributed by atoms with E-state index in [4.69, 9.17) is 0 Å². The number of fused-ring (bicyclic) bond motifs is 1. The van der Waals surface area contributed by atoms with Crippen LogP contribution in [0.5, 0.6) is 0 Å². The van der Waals surface area contributed by atoms with Crippen LogP contribution in [0.2, 0.25) is 0 Å². The van der Waals surface area contributed by atoms with E-state index in [0.717, 1.165) is 64.5 Å². The van der Waals surface area contributed by atoms with Gasteiger partial charge in [0.1, 0.15) is 0 Å². The number of piperidine rings is 1. The predicted molar refractivity (Wildman–Crippen MR) is 134 cm³/mol. The second-order valence-electron chi connectivity index (χ2n) is 8.27. The van der Waals surface area contributed by atoms with Gasteiger partial charge in [0.15, 0.2) is 5.96 Å². The number of amides is 1. The molecule has 0 aromatic heterocycles. The number of guanidine groups is 1. The van der Waals surface area contributed by atoms with Crippen LogP contribution in [0.1, 0.15) is 43.7 Å². The molecule has 2 aliphatic heterocycles. The van der Waals surface area contributed by atoms with Crippen molar-refractivity contribution in [2.45, 2.75) is 51.7 Å². The summed E-state index contributed by atoms with van der Waals surface area (Å²) in [6, 6.07) is 8.76. The van der Waals surface area contributed by atoms with Crippen LogP contribution < -0.4 is 10.6 Å². The number of hydrogen-bond acceptors (Lipinski definition) is 3. The number of likely N-dealkylation sites (tertiary alicyclic amines) is 1. The Labute approximate surface area is 198 Å². The number of halogens is 1. The van der Waals surface area contributed by atoms with Crippen LogP contribution in [0.25, 0.3) is 0 Å². The Kier molecular flexibility index (Phi) is 10.1. The minimum absolute atomic E-state index is 0. The Hall–Kier alpha value is -1.61. The molecule has 1 aromatic carbocycles. The number of hydrogen-bond donors (Lipinski definition) is 2. The number of rotatable bonds is 7. The largest absolute Gasteiger partial charge is 0.356 e. The topological polar surface area (TPSA) is 60.0 Å². The molecule has 0 atom stereocenters. The number of nitrogens with zero attached hydrogens (tertiary/aromatic N) is 3. The van der Waals surface area contributed by atoms with Gasteiger partial charge in [-0.05, 0) is 37.3 Å². The highest BCUT2D eigenvalue weighted by molar-refractivity contribution is 14.0. The molecule has 30 heavy (non-hydrogen) atoms. The van der Waals surface area contributed by atoms with E-state index >= 15 is 0 Å². The summed E-state index contributed by atoms with van der Waals surface area (Å²) in [5.41, 5.74) is 3.77. The van der Waals surface area contributed by atoms with Crippen molar-refractivity contribution < 1.29 is 4.79 Å². The van der Waals surface area contributed by atoms with E-state index in [2.05, 4.69) is 46.2 Å². The van der Waals surface area contributed by atoms with Gasteiger partial charge in [-0.25, -0.2) is 0 Å². The molecule has 0 spiro atoms. The first kappa shape index (κ1) is 24.7. The highest BCUT2D eigenvalue weighted by Gasteiger charge is 2.22. The molecule has 0 unspecified atom stereocenters. The molecule has 166 valence electrons. The third-order valence-corrected chi connectivity index (χ3v) is 5.70. The lowest BCUT2D eigenvalue weighted by Gasteiger charge is -2.33. The summed E-state index contributed by atoms with van der Waals surface area (Å²) in [5.74, 6) is 1.07. The van der Waals surface area contributed by atoms with Gasteiger partial charge in [-0.1, -0.05) is 36.4 Å². The van der Waals surface area contributed by atoms with Gasteiger partial charge in [-0.15, -0.1) is 24.0 Å². The second-order valence-corrected chi connectivity index (χ2v) is 8.27. The molecule has 2 N–H and O–H groups in total. The first-order chi connectivity index (χ1) is 14.0. The highest BCUT2D eigenvalue weighted by atomic mass is 127. The maximum atomic E-state index is 12.5. The summed E-state index contributed by atoms with van der Waals surface area (Å²) in [5, 5.41) is 6.89. The summed E-state index contributed by atoms with van der Waals surface area (Å²) < 4.78 is 0. The van der Waals surface area contributed by atoms with E-state index in [9.17, 15) is 4.79 Å². The van der Waals surface area contributed by atoms with Crippen molar-refractivity contribution in [2.75, 3.05) is 33.2 Å². The molecular formula is C23H36IN5O. The molecule has 0 saturated carbocycles. The monoisotopic (exact) mass is 525 g/mol. The lowest BCUT2D eigenvalue weighted by Crippen LogP contribution is -2.49. The van der Waals surface area contributed by atoms with Gasteiger partial charge < -0.3 is 15.5 Å². The molecule has 0 aliphatic carbocycles. The number of carbonyl (C=O) groups excluding carboxylic acids is 1. The van der Waals surface area contributed by atoms with Crippen molar-refractivity contribution in [1.82, 2.24) is 20.4 Å². The maximum Gasteiger partial charge on any atom is 0.223 e. The molecule has 1 fully saturated rings. The predicted octanol–water partition coefficient (Wildman–Crippen LogP) is 3.13. The zero-order chi connectivity index (χ0) is 20.6. The summed E-state index contributed by atoms with van der Waals surface area (Å²) in [6.07, 6.45) is 3.60. The third kappa shape index (κ3) is 7.27. The Bertz CT molecular complexity index is 718. The number of nitrogens with one attached hydrogen (secondary N) is 2. The Morgan fingerprint density at radius 1 is 1.20 bits per heavy atom. The normalized spacial score (nSPS) is 17.3. The van der Waals surface area contributed by atoms with E-state index in [-0.39, 0.29) is 29.9 Å². The standard InChI is InChI=1S/C23H35N5O.HI/c1-18(2)15-27-13-10-21(11-14-27)26-23(24-3)25-12-6-9-22(29)28-16-19-7-4-5-8-20(19)17-28;/h4-5,7-8,21H,1,6,9-17H2,2-3H3,(H2,24,25,26);1H. The highest BCUT2D eigenvalue weighted by Crippen LogP contribution is 2.22. The van der Waals surface area contributed by atoms with Gasteiger partial charge in [-0.3, -0.25) is 14.7 Å². The van der Waals surface area contributed by atoms with E-state index < -0.39 is 0 Å². The fraction of sp³-hybridized carbons (Fsp3) is 0.565. The van der Waals surface area contributed by atoms with Crippen molar-refractivity contribution in [3.05, 3.63) is 47.5 Å². The summed E-state index contributed by atoms with van der Waals surface area (Å²) in [6.45, 7) is 11.5. The van der Waals surface area contributed by atoms with Crippen molar-refractivity contribution in [3.63, 3.8) is 0 Å². The second kappa shape index (κ2) is 12.3. The SMILES string of the molecule is C=C(C)CN1CCC(NC(=NC)NCCCC(=O)N2Cc3ccccc3C2)CC1.I. The van der Waals surface area contributed by atoms with Gasteiger partial charge in [0.25, 0.3) is 0 Å². The van der Waals surface area contributed by atoms with Crippen molar-refractivity contribution in [2.24, 2.45) is 4.99 Å². The fourth-order valence-corrected chi connectivity index (χ4v) is 4.12. The fourth-order valence-electron chi connectivity index (χ4n) is 4.12. The van der Waals surface area contributed by atoms with E-state index in [1.165, 1.54) is 16.7 Å². The minimum Gasteiger partial charge on any atom is -0.356 e. The minimum atomic E-state index is 0. The molecule has 0 bridgehead atoms. The first-order valence-electron chi connectivity index (χ1n) is 10.7. The van der Waals surface area contributed by atoms with Crippen molar-refractivity contribution in [3.8, 4) is 0 Å². The van der Waals surface area contributed by atoms with Crippen molar-refractivity contribution in [1.29, 1.82) is 0 Å². The summed E-state index contributed by atoms with van der Waals surface area (Å²) >= 11 is 0. The average molecular weight is 525 g/mol. The Balaban J connectivity index is 0.00000320. The van der Waals surface area contributed by atoms with E-state index in [0.29, 0.717) is 12.5 Å².